The number of rotatable bonds is 33. The highest BCUT2D eigenvalue weighted by Gasteiger charge is 2.31. The summed E-state index contributed by atoms with van der Waals surface area (Å²) in [5.74, 6) is -1.48. The van der Waals surface area contributed by atoms with E-state index in [4.69, 9.17) is 14.2 Å². The van der Waals surface area contributed by atoms with E-state index in [1.807, 2.05) is 21.1 Å². The standard InChI is InChI=1S/C38H71NO7/c1-6-8-10-12-14-15-16-17-18-19-20-21-22-23-25-27-29-37(41)46-34(32-44-31-30-35(38(42)43)39(3,4)5)33-45-36(40)28-26-24-13-11-9-7-2/h18-19,34-35H,6-17,20-33H2,1-5H3/p+1/b19-18-. The minimum absolute atomic E-state index is 0.0510. The number of carbonyl (C=O) groups excluding carboxylic acids is 2. The van der Waals surface area contributed by atoms with Crippen LogP contribution in [0.5, 0.6) is 0 Å². The summed E-state index contributed by atoms with van der Waals surface area (Å²) in [4.78, 5) is 36.5. The average Bonchev–Trinajstić information content (AvgIpc) is 3.00. The molecule has 1 N–H and O–H groups in total. The van der Waals surface area contributed by atoms with Gasteiger partial charge < -0.3 is 23.8 Å². The van der Waals surface area contributed by atoms with Crippen LogP contribution in [0.4, 0.5) is 0 Å². The predicted octanol–water partition coefficient (Wildman–Crippen LogP) is 9.19. The number of allylic oxidation sites excluding steroid dienone is 2. The Kier molecular flexibility index (Phi) is 29.1. The Labute approximate surface area is 282 Å². The number of nitrogens with zero attached hydrogens (tertiary/aromatic N) is 1. The van der Waals surface area contributed by atoms with Crippen molar-refractivity contribution in [1.82, 2.24) is 0 Å². The maximum atomic E-state index is 12.6. The summed E-state index contributed by atoms with van der Waals surface area (Å²) in [5, 5.41) is 9.55. The zero-order valence-electron chi connectivity index (χ0n) is 30.5. The third-order valence-corrected chi connectivity index (χ3v) is 8.41. The Morgan fingerprint density at radius 3 is 1.57 bits per heavy atom. The van der Waals surface area contributed by atoms with Crippen LogP contribution in [-0.2, 0) is 28.6 Å². The van der Waals surface area contributed by atoms with Gasteiger partial charge in [-0.15, -0.1) is 0 Å². The summed E-state index contributed by atoms with van der Waals surface area (Å²) < 4.78 is 17.1. The molecule has 0 bridgehead atoms. The molecule has 0 aliphatic heterocycles. The molecule has 0 spiro atoms. The summed E-state index contributed by atoms with van der Waals surface area (Å²) in [6, 6.07) is -0.609. The van der Waals surface area contributed by atoms with Crippen molar-refractivity contribution in [2.75, 3.05) is 41.0 Å². The minimum atomic E-state index is -0.877. The van der Waals surface area contributed by atoms with Crippen LogP contribution in [-0.4, -0.2) is 80.6 Å². The molecule has 46 heavy (non-hydrogen) atoms. The second kappa shape index (κ2) is 30.4. The van der Waals surface area contributed by atoms with Gasteiger partial charge in [0, 0.05) is 19.3 Å². The molecule has 0 saturated carbocycles. The van der Waals surface area contributed by atoms with E-state index in [2.05, 4.69) is 26.0 Å². The fourth-order valence-corrected chi connectivity index (χ4v) is 5.44. The van der Waals surface area contributed by atoms with Crippen molar-refractivity contribution < 1.29 is 38.2 Å². The normalized spacial score (nSPS) is 13.2. The highest BCUT2D eigenvalue weighted by atomic mass is 16.6. The predicted molar refractivity (Wildman–Crippen MR) is 188 cm³/mol. The Bertz CT molecular complexity index is 778. The van der Waals surface area contributed by atoms with Crippen LogP contribution in [0.2, 0.25) is 0 Å². The lowest BCUT2D eigenvalue weighted by molar-refractivity contribution is -0.887. The topological polar surface area (TPSA) is 99.1 Å². The summed E-state index contributed by atoms with van der Waals surface area (Å²) in [7, 11) is 5.51. The molecule has 0 radical (unpaired) electrons. The van der Waals surface area contributed by atoms with Crippen LogP contribution in [0.25, 0.3) is 0 Å². The number of carboxylic acid groups (broad SMARTS) is 1. The van der Waals surface area contributed by atoms with Crippen molar-refractivity contribution >= 4 is 17.9 Å². The Morgan fingerprint density at radius 1 is 0.630 bits per heavy atom. The number of quaternary nitrogens is 1. The van der Waals surface area contributed by atoms with Gasteiger partial charge in [-0.05, 0) is 38.5 Å². The number of aliphatic carboxylic acids is 1. The van der Waals surface area contributed by atoms with Gasteiger partial charge in [0.05, 0.1) is 34.4 Å². The van der Waals surface area contributed by atoms with Crippen molar-refractivity contribution in [2.24, 2.45) is 0 Å². The Hall–Kier alpha value is -1.93. The monoisotopic (exact) mass is 655 g/mol. The maximum absolute atomic E-state index is 12.6. The van der Waals surface area contributed by atoms with E-state index in [9.17, 15) is 19.5 Å². The van der Waals surface area contributed by atoms with E-state index < -0.39 is 18.1 Å². The zero-order valence-corrected chi connectivity index (χ0v) is 30.5. The smallest absolute Gasteiger partial charge is 0.362 e. The van der Waals surface area contributed by atoms with Gasteiger partial charge in [-0.25, -0.2) is 4.79 Å². The van der Waals surface area contributed by atoms with Gasteiger partial charge >= 0.3 is 17.9 Å². The molecule has 0 saturated heterocycles. The molecule has 0 aromatic heterocycles. The van der Waals surface area contributed by atoms with Crippen LogP contribution in [0.1, 0.15) is 162 Å². The largest absolute Gasteiger partial charge is 0.477 e. The summed E-state index contributed by atoms with van der Waals surface area (Å²) in [6.45, 7) is 4.66. The molecule has 270 valence electrons. The second-order valence-corrected chi connectivity index (χ2v) is 13.8. The van der Waals surface area contributed by atoms with E-state index in [1.54, 1.807) is 0 Å². The number of unbranched alkanes of at least 4 members (excludes halogenated alkanes) is 17. The number of likely N-dealkylation sites (N-methyl/N-ethyl adjacent to an activating group) is 1. The first-order valence-electron chi connectivity index (χ1n) is 18.7. The molecular weight excluding hydrogens is 582 g/mol. The number of hydrogen-bond acceptors (Lipinski definition) is 6. The fraction of sp³-hybridized carbons (Fsp3) is 0.868. The Morgan fingerprint density at radius 2 is 1.09 bits per heavy atom. The molecule has 0 fully saturated rings. The lowest BCUT2D eigenvalue weighted by atomic mass is 10.1. The molecule has 0 aromatic rings. The van der Waals surface area contributed by atoms with E-state index in [0.29, 0.717) is 19.3 Å². The molecular formula is C38H72NO7+. The molecule has 8 heteroatoms. The van der Waals surface area contributed by atoms with E-state index in [1.165, 1.54) is 77.0 Å². The van der Waals surface area contributed by atoms with E-state index >= 15 is 0 Å². The number of ether oxygens (including phenoxy) is 3. The fourth-order valence-electron chi connectivity index (χ4n) is 5.44. The molecule has 0 amide bonds. The number of carboxylic acids is 1. The molecule has 0 rings (SSSR count). The van der Waals surface area contributed by atoms with Crippen LogP contribution in [0.3, 0.4) is 0 Å². The van der Waals surface area contributed by atoms with Gasteiger partial charge in [0.25, 0.3) is 0 Å². The highest BCUT2D eigenvalue weighted by Crippen LogP contribution is 2.13. The van der Waals surface area contributed by atoms with Gasteiger partial charge in [0.1, 0.15) is 6.61 Å². The maximum Gasteiger partial charge on any atom is 0.362 e. The lowest BCUT2D eigenvalue weighted by Gasteiger charge is -2.31. The van der Waals surface area contributed by atoms with Crippen LogP contribution in [0, 0.1) is 0 Å². The van der Waals surface area contributed by atoms with Crippen LogP contribution < -0.4 is 0 Å². The van der Waals surface area contributed by atoms with Crippen LogP contribution >= 0.6 is 0 Å². The van der Waals surface area contributed by atoms with E-state index in [0.717, 1.165) is 51.4 Å². The zero-order chi connectivity index (χ0) is 34.3. The molecule has 8 nitrogen and oxygen atoms in total. The first kappa shape index (κ1) is 44.1. The summed E-state index contributed by atoms with van der Waals surface area (Å²) in [5.41, 5.74) is 0. The lowest BCUT2D eigenvalue weighted by Crippen LogP contribution is -2.50. The quantitative estimate of drug-likeness (QED) is 0.0326. The molecule has 2 atom stereocenters. The first-order chi connectivity index (χ1) is 22.1. The van der Waals surface area contributed by atoms with Crippen molar-refractivity contribution in [3.05, 3.63) is 12.2 Å². The Balaban J connectivity index is 4.34. The molecule has 0 aromatic carbocycles. The van der Waals surface area contributed by atoms with Crippen molar-refractivity contribution in [2.45, 2.75) is 174 Å². The number of carbonyl (C=O) groups is 3. The van der Waals surface area contributed by atoms with Crippen LogP contribution in [0.15, 0.2) is 12.2 Å². The second-order valence-electron chi connectivity index (χ2n) is 13.8. The van der Waals surface area contributed by atoms with Gasteiger partial charge in [-0.2, -0.15) is 0 Å². The molecule has 2 unspecified atom stereocenters. The van der Waals surface area contributed by atoms with Gasteiger partial charge in [-0.1, -0.05) is 116 Å². The average molecular weight is 655 g/mol. The van der Waals surface area contributed by atoms with Crippen molar-refractivity contribution in [3.63, 3.8) is 0 Å². The molecule has 0 heterocycles. The minimum Gasteiger partial charge on any atom is -0.477 e. The van der Waals surface area contributed by atoms with Crippen molar-refractivity contribution in [1.29, 1.82) is 0 Å². The number of hydrogen-bond donors (Lipinski definition) is 1. The van der Waals surface area contributed by atoms with Crippen molar-refractivity contribution in [3.8, 4) is 0 Å². The van der Waals surface area contributed by atoms with Gasteiger partial charge in [0.2, 0.25) is 0 Å². The third-order valence-electron chi connectivity index (χ3n) is 8.41. The SMILES string of the molecule is CCCCCCCCC/C=C\CCCCCCCC(=O)OC(COCCC(C(=O)O)[N+](C)(C)C)COC(=O)CCCCCCCC. The van der Waals surface area contributed by atoms with E-state index in [-0.39, 0.29) is 36.2 Å². The summed E-state index contributed by atoms with van der Waals surface area (Å²) >= 11 is 0. The van der Waals surface area contributed by atoms with Gasteiger partial charge in [-0.3, -0.25) is 9.59 Å². The molecule has 0 aliphatic carbocycles. The van der Waals surface area contributed by atoms with Gasteiger partial charge in [0.15, 0.2) is 12.1 Å². The highest BCUT2D eigenvalue weighted by molar-refractivity contribution is 5.72. The molecule has 0 aliphatic rings. The third kappa shape index (κ3) is 28.3. The summed E-state index contributed by atoms with van der Waals surface area (Å²) in [6.07, 6.45) is 28.4. The first-order valence-corrected chi connectivity index (χ1v) is 18.7. The number of esters is 2.